The number of rotatable bonds is 1. The molecule has 0 bridgehead atoms. The topological polar surface area (TPSA) is 25.2 Å². The van der Waals surface area contributed by atoms with Gasteiger partial charge in [-0.2, -0.15) is 0 Å². The highest BCUT2D eigenvalue weighted by atomic mass is 32.2. The van der Waals surface area contributed by atoms with Crippen molar-refractivity contribution in [3.63, 3.8) is 0 Å². The number of hydrogen-bond donors (Lipinski definition) is 1. The van der Waals surface area contributed by atoms with Crippen LogP contribution in [0.15, 0.2) is 47.4 Å². The maximum atomic E-state index is 9.79. The first-order valence-corrected chi connectivity index (χ1v) is 7.84. The van der Waals surface area contributed by atoms with Crippen molar-refractivity contribution in [2.45, 2.75) is 24.1 Å². The van der Waals surface area contributed by atoms with Crippen LogP contribution in [0.2, 0.25) is 0 Å². The van der Waals surface area contributed by atoms with Gasteiger partial charge in [0.1, 0.15) is 5.75 Å². The fourth-order valence-corrected chi connectivity index (χ4v) is 4.22. The van der Waals surface area contributed by atoms with E-state index in [1.165, 1.54) is 32.6 Å². The Balaban J connectivity index is 2.14. The fraction of sp³-hybridized carbons (Fsp3) is 0.176. The minimum Gasteiger partial charge on any atom is -0.508 e. The molecule has 0 saturated carbocycles. The third-order valence-corrected chi connectivity index (χ3v) is 5.08. The van der Waals surface area contributed by atoms with Gasteiger partial charge in [0, 0.05) is 33.7 Å². The first-order valence-electron chi connectivity index (χ1n) is 6.86. The maximum Gasteiger partial charge on any atom is 0.116 e. The van der Waals surface area contributed by atoms with Crippen LogP contribution in [0.25, 0.3) is 22.2 Å². The predicted molar refractivity (Wildman–Crippen MR) is 84.3 cm³/mol. The van der Waals surface area contributed by atoms with E-state index in [9.17, 15) is 5.11 Å². The monoisotopic (exact) mass is 281 g/mol. The molecule has 1 aromatic heterocycles. The first-order chi connectivity index (χ1) is 9.79. The lowest BCUT2D eigenvalue weighted by Crippen LogP contribution is -2.01. The van der Waals surface area contributed by atoms with Gasteiger partial charge in [0.05, 0.1) is 5.69 Å². The number of hydrogen-bond acceptors (Lipinski definition) is 2. The lowest BCUT2D eigenvalue weighted by molar-refractivity contribution is 0.476. The van der Waals surface area contributed by atoms with Gasteiger partial charge in [0.2, 0.25) is 0 Å². The van der Waals surface area contributed by atoms with E-state index < -0.39 is 0 Å². The van der Waals surface area contributed by atoms with Gasteiger partial charge in [-0.3, -0.25) is 0 Å². The van der Waals surface area contributed by atoms with E-state index in [0.717, 1.165) is 12.3 Å². The molecule has 1 aliphatic heterocycles. The molecule has 2 nitrogen and oxygen atoms in total. The molecule has 3 aromatic rings. The number of aromatic nitrogens is 1. The normalized spacial score (nSPS) is 13.2. The zero-order chi connectivity index (χ0) is 13.7. The van der Waals surface area contributed by atoms with Crippen molar-refractivity contribution in [2.75, 3.05) is 0 Å². The predicted octanol–water partition coefficient (Wildman–Crippen LogP) is 4.64. The van der Waals surface area contributed by atoms with Gasteiger partial charge in [-0.1, -0.05) is 18.2 Å². The third-order valence-electron chi connectivity index (χ3n) is 3.98. The molecule has 4 rings (SSSR count). The van der Waals surface area contributed by atoms with Crippen LogP contribution in [0.4, 0.5) is 0 Å². The minimum atomic E-state index is 0.345. The molecule has 20 heavy (non-hydrogen) atoms. The van der Waals surface area contributed by atoms with E-state index in [0.29, 0.717) is 5.75 Å². The average molecular weight is 281 g/mol. The van der Waals surface area contributed by atoms with Crippen LogP contribution < -0.4 is 0 Å². The number of aryl methyl sites for hydroxylation is 1. The Kier molecular flexibility index (Phi) is 2.57. The Morgan fingerprint density at radius 3 is 2.90 bits per heavy atom. The number of phenolic OH excluding ortho intramolecular Hbond substituents is 1. The van der Waals surface area contributed by atoms with Crippen LogP contribution in [0.3, 0.4) is 0 Å². The summed E-state index contributed by atoms with van der Waals surface area (Å²) in [5, 5.41) is 11.0. The molecule has 2 aromatic carbocycles. The van der Waals surface area contributed by atoms with Gasteiger partial charge in [-0.25, -0.2) is 0 Å². The number of benzene rings is 2. The maximum absolute atomic E-state index is 9.79. The molecule has 0 aliphatic carbocycles. The van der Waals surface area contributed by atoms with Crippen LogP contribution in [0, 0.1) is 0 Å². The lowest BCUT2D eigenvalue weighted by Gasteiger charge is -2.18. The summed E-state index contributed by atoms with van der Waals surface area (Å²) in [5.74, 6) is 1.32. The molecule has 3 heteroatoms. The van der Waals surface area contributed by atoms with E-state index in [4.69, 9.17) is 0 Å². The Morgan fingerprint density at radius 2 is 2.05 bits per heavy atom. The summed E-state index contributed by atoms with van der Waals surface area (Å²) in [6.45, 7) is 3.12. The van der Waals surface area contributed by atoms with Crippen LogP contribution in [0.1, 0.15) is 12.5 Å². The number of thioether (sulfide) groups is 1. The van der Waals surface area contributed by atoms with Gasteiger partial charge < -0.3 is 9.67 Å². The van der Waals surface area contributed by atoms with Crippen molar-refractivity contribution in [1.29, 1.82) is 0 Å². The molecule has 0 atom stereocenters. The summed E-state index contributed by atoms with van der Waals surface area (Å²) in [6.07, 6.45) is 0. The highest BCUT2D eigenvalue weighted by Crippen LogP contribution is 2.46. The van der Waals surface area contributed by atoms with Crippen LogP contribution in [-0.2, 0) is 12.3 Å². The summed E-state index contributed by atoms with van der Waals surface area (Å²) in [7, 11) is 0. The van der Waals surface area contributed by atoms with Crippen molar-refractivity contribution >= 4 is 22.7 Å². The second kappa shape index (κ2) is 4.32. The molecule has 0 spiro atoms. The quantitative estimate of drug-likeness (QED) is 0.703. The molecule has 0 radical (unpaired) electrons. The molecular formula is C17H15NOS. The number of aromatic hydroxyl groups is 1. The van der Waals surface area contributed by atoms with Crippen molar-refractivity contribution in [1.82, 2.24) is 4.57 Å². The number of nitrogens with zero attached hydrogens (tertiary/aromatic N) is 1. The van der Waals surface area contributed by atoms with E-state index in [2.05, 4.69) is 35.8 Å². The van der Waals surface area contributed by atoms with Crippen LogP contribution in [-0.4, -0.2) is 9.67 Å². The molecule has 0 amide bonds. The molecular weight excluding hydrogens is 266 g/mol. The van der Waals surface area contributed by atoms with Gasteiger partial charge >= 0.3 is 0 Å². The van der Waals surface area contributed by atoms with Crippen molar-refractivity contribution in [3.8, 4) is 17.0 Å². The largest absolute Gasteiger partial charge is 0.508 e. The smallest absolute Gasteiger partial charge is 0.116 e. The summed E-state index contributed by atoms with van der Waals surface area (Å²) < 4.78 is 2.36. The number of fused-ring (bicyclic) bond motifs is 5. The van der Waals surface area contributed by atoms with E-state index >= 15 is 0 Å². The number of phenols is 1. The molecule has 2 heterocycles. The van der Waals surface area contributed by atoms with Gasteiger partial charge in [-0.15, -0.1) is 11.8 Å². The Hall–Kier alpha value is -1.87. The Bertz CT molecular complexity index is 819. The second-order valence-corrected chi connectivity index (χ2v) is 6.07. The van der Waals surface area contributed by atoms with Gasteiger partial charge in [-0.05, 0) is 36.8 Å². The molecule has 1 aliphatic rings. The average Bonchev–Trinajstić information content (AvgIpc) is 2.80. The van der Waals surface area contributed by atoms with Crippen molar-refractivity contribution < 1.29 is 5.11 Å². The summed E-state index contributed by atoms with van der Waals surface area (Å²) >= 11 is 1.88. The molecule has 100 valence electrons. The van der Waals surface area contributed by atoms with Crippen LogP contribution in [0.5, 0.6) is 5.75 Å². The SMILES string of the molecule is CCn1c2c(c3cc(O)ccc31)CSc1ccccc1-2. The zero-order valence-electron chi connectivity index (χ0n) is 11.3. The van der Waals surface area contributed by atoms with Crippen molar-refractivity contribution in [2.24, 2.45) is 0 Å². The van der Waals surface area contributed by atoms with Crippen LogP contribution >= 0.6 is 11.8 Å². The first kappa shape index (κ1) is 11.9. The van der Waals surface area contributed by atoms with Gasteiger partial charge in [0.25, 0.3) is 0 Å². The summed E-state index contributed by atoms with van der Waals surface area (Å²) in [4.78, 5) is 1.35. The van der Waals surface area contributed by atoms with E-state index in [1.54, 1.807) is 6.07 Å². The van der Waals surface area contributed by atoms with Gasteiger partial charge in [0.15, 0.2) is 0 Å². The summed E-state index contributed by atoms with van der Waals surface area (Å²) in [6, 6.07) is 14.3. The standard InChI is InChI=1S/C17H15NOS/c1-2-18-15-8-7-11(19)9-13(15)14-10-20-16-6-4-3-5-12(16)17(14)18/h3-9,19H,2,10H2,1H3. The van der Waals surface area contributed by atoms with E-state index in [-0.39, 0.29) is 0 Å². The van der Waals surface area contributed by atoms with Crippen molar-refractivity contribution in [3.05, 3.63) is 48.0 Å². The highest BCUT2D eigenvalue weighted by molar-refractivity contribution is 7.98. The fourth-order valence-electron chi connectivity index (χ4n) is 3.13. The van der Waals surface area contributed by atoms with E-state index in [1.807, 2.05) is 23.9 Å². The minimum absolute atomic E-state index is 0.345. The molecule has 0 unspecified atom stereocenters. The third kappa shape index (κ3) is 1.53. The summed E-state index contributed by atoms with van der Waals surface area (Å²) in [5.41, 5.74) is 5.20. The lowest BCUT2D eigenvalue weighted by atomic mass is 10.1. The second-order valence-electron chi connectivity index (χ2n) is 5.06. The molecule has 0 fully saturated rings. The highest BCUT2D eigenvalue weighted by Gasteiger charge is 2.24. The molecule has 1 N–H and O–H groups in total. The Morgan fingerprint density at radius 1 is 1.20 bits per heavy atom. The molecule has 0 saturated heterocycles. The zero-order valence-corrected chi connectivity index (χ0v) is 12.1. The Labute approximate surface area is 122 Å².